The van der Waals surface area contributed by atoms with Crippen LogP contribution in [0.5, 0.6) is 0 Å². The molecule has 2 heteroatoms. The molecule has 0 aromatic heterocycles. The van der Waals surface area contributed by atoms with Crippen LogP contribution in [0.25, 0.3) is 0 Å². The summed E-state index contributed by atoms with van der Waals surface area (Å²) in [6.07, 6.45) is 4.93. The van der Waals surface area contributed by atoms with Gasteiger partial charge in [0.15, 0.2) is 0 Å². The van der Waals surface area contributed by atoms with E-state index in [0.717, 1.165) is 11.4 Å². The first-order chi connectivity index (χ1) is 5.86. The number of hydrogen-bond donors (Lipinski definition) is 0. The highest BCUT2D eigenvalue weighted by molar-refractivity contribution is 6.30. The first kappa shape index (κ1) is 7.69. The molecule has 12 heavy (non-hydrogen) atoms. The largest absolute Gasteiger partial charge is 0.493 e. The molecule has 1 nitrogen and oxygen atoms in total. The molecule has 0 N–H and O–H groups in total. The van der Waals surface area contributed by atoms with Gasteiger partial charge in [0, 0.05) is 11.4 Å². The average Bonchev–Trinajstić information content (AvgIpc) is 2.58. The smallest absolute Gasteiger partial charge is 0.126 e. The zero-order valence-electron chi connectivity index (χ0n) is 6.53. The Balaban J connectivity index is 2.18. The van der Waals surface area contributed by atoms with Gasteiger partial charge in [-0.1, -0.05) is 23.7 Å². The maximum Gasteiger partial charge on any atom is 0.126 e. The molecule has 1 aromatic carbocycles. The van der Waals surface area contributed by atoms with Crippen molar-refractivity contribution >= 4 is 11.6 Å². The van der Waals surface area contributed by atoms with Gasteiger partial charge in [-0.3, -0.25) is 0 Å². The Morgan fingerprint density at radius 3 is 2.58 bits per heavy atom. The monoisotopic (exact) mass is 180 g/mol. The molecule has 0 fully saturated rings. The van der Waals surface area contributed by atoms with Crippen LogP contribution in [-0.2, 0) is 4.74 Å². The van der Waals surface area contributed by atoms with Gasteiger partial charge in [-0.2, -0.15) is 0 Å². The molecule has 1 atom stereocenters. The van der Waals surface area contributed by atoms with E-state index >= 15 is 0 Å². The molecule has 1 aliphatic rings. The van der Waals surface area contributed by atoms with Crippen LogP contribution >= 0.6 is 11.6 Å². The Morgan fingerprint density at radius 2 is 2.00 bits per heavy atom. The van der Waals surface area contributed by atoms with E-state index < -0.39 is 0 Å². The summed E-state index contributed by atoms with van der Waals surface area (Å²) in [4.78, 5) is 0. The molecule has 2 rings (SSSR count). The summed E-state index contributed by atoms with van der Waals surface area (Å²) in [6.45, 7) is 0. The molecule has 0 unspecified atom stereocenters. The summed E-state index contributed by atoms with van der Waals surface area (Å²) in [7, 11) is 0. The summed E-state index contributed by atoms with van der Waals surface area (Å²) in [5, 5.41) is 0.768. The topological polar surface area (TPSA) is 9.23 Å². The third kappa shape index (κ3) is 1.46. The van der Waals surface area contributed by atoms with E-state index in [2.05, 4.69) is 0 Å². The van der Waals surface area contributed by atoms with Crippen molar-refractivity contribution in [1.29, 1.82) is 0 Å². The van der Waals surface area contributed by atoms with Crippen molar-refractivity contribution in [3.8, 4) is 0 Å². The number of hydrogen-bond acceptors (Lipinski definition) is 1. The fraction of sp³-hybridized carbons (Fsp3) is 0.200. The maximum absolute atomic E-state index is 5.76. The molecular formula is C10H9ClO. The predicted octanol–water partition coefficient (Wildman–Crippen LogP) is 3.32. The summed E-state index contributed by atoms with van der Waals surface area (Å²) in [5.41, 5.74) is 1.18. The molecule has 0 saturated carbocycles. The van der Waals surface area contributed by atoms with Crippen molar-refractivity contribution in [3.05, 3.63) is 47.2 Å². The fourth-order valence-electron chi connectivity index (χ4n) is 1.28. The maximum atomic E-state index is 5.76. The Labute approximate surface area is 76.6 Å². The Kier molecular flexibility index (Phi) is 2.05. The quantitative estimate of drug-likeness (QED) is 0.644. The van der Waals surface area contributed by atoms with Crippen molar-refractivity contribution < 1.29 is 4.74 Å². The summed E-state index contributed by atoms with van der Waals surface area (Å²) in [5.74, 6) is 0. The SMILES string of the molecule is Clc1ccc([C@H]2CC=CO2)cc1. The van der Waals surface area contributed by atoms with Gasteiger partial charge in [0.05, 0.1) is 6.26 Å². The van der Waals surface area contributed by atoms with Crippen LogP contribution in [0.1, 0.15) is 18.1 Å². The fourth-order valence-corrected chi connectivity index (χ4v) is 1.40. The van der Waals surface area contributed by atoms with Crippen LogP contribution in [0.15, 0.2) is 36.6 Å². The average molecular weight is 181 g/mol. The van der Waals surface area contributed by atoms with Crippen LogP contribution in [0.3, 0.4) is 0 Å². The van der Waals surface area contributed by atoms with Crippen LogP contribution in [0.4, 0.5) is 0 Å². The van der Waals surface area contributed by atoms with Gasteiger partial charge in [0.1, 0.15) is 6.10 Å². The molecule has 0 spiro atoms. The van der Waals surface area contributed by atoms with Crippen LogP contribution in [0, 0.1) is 0 Å². The van der Waals surface area contributed by atoms with E-state index in [4.69, 9.17) is 16.3 Å². The van der Waals surface area contributed by atoms with Crippen molar-refractivity contribution in [3.63, 3.8) is 0 Å². The van der Waals surface area contributed by atoms with Crippen LogP contribution in [0.2, 0.25) is 5.02 Å². The zero-order valence-corrected chi connectivity index (χ0v) is 7.29. The molecule has 1 aromatic rings. The Hall–Kier alpha value is -0.950. The first-order valence-electron chi connectivity index (χ1n) is 3.92. The van der Waals surface area contributed by atoms with Crippen molar-refractivity contribution in [2.45, 2.75) is 12.5 Å². The highest BCUT2D eigenvalue weighted by Gasteiger charge is 2.12. The van der Waals surface area contributed by atoms with E-state index in [0.29, 0.717) is 0 Å². The van der Waals surface area contributed by atoms with Crippen molar-refractivity contribution in [2.24, 2.45) is 0 Å². The molecule has 0 aliphatic carbocycles. The number of benzene rings is 1. The highest BCUT2D eigenvalue weighted by Crippen LogP contribution is 2.27. The minimum absolute atomic E-state index is 0.197. The van der Waals surface area contributed by atoms with Gasteiger partial charge >= 0.3 is 0 Å². The second-order valence-electron chi connectivity index (χ2n) is 2.78. The third-order valence-electron chi connectivity index (χ3n) is 1.93. The summed E-state index contributed by atoms with van der Waals surface area (Å²) in [6, 6.07) is 7.77. The summed E-state index contributed by atoms with van der Waals surface area (Å²) >= 11 is 5.76. The van der Waals surface area contributed by atoms with Crippen LogP contribution < -0.4 is 0 Å². The standard InChI is InChI=1S/C10H9ClO/c11-9-5-3-8(4-6-9)10-2-1-7-12-10/h1,3-7,10H,2H2/t10-/m1/s1. The first-order valence-corrected chi connectivity index (χ1v) is 4.30. The Bertz CT molecular complexity index is 281. The van der Waals surface area contributed by atoms with Crippen molar-refractivity contribution in [1.82, 2.24) is 0 Å². The van der Waals surface area contributed by atoms with Gasteiger partial charge in [-0.15, -0.1) is 0 Å². The predicted molar refractivity (Wildman–Crippen MR) is 49.0 cm³/mol. The lowest BCUT2D eigenvalue weighted by Crippen LogP contribution is -1.93. The lowest BCUT2D eigenvalue weighted by Gasteiger charge is -2.09. The molecule has 0 radical (unpaired) electrons. The molecular weight excluding hydrogens is 172 g/mol. The molecule has 0 bridgehead atoms. The van der Waals surface area contributed by atoms with Gasteiger partial charge in [-0.25, -0.2) is 0 Å². The van der Waals surface area contributed by atoms with E-state index in [1.165, 1.54) is 5.56 Å². The number of ether oxygens (including phenoxy) is 1. The minimum atomic E-state index is 0.197. The van der Waals surface area contributed by atoms with E-state index in [9.17, 15) is 0 Å². The number of halogens is 1. The zero-order chi connectivity index (χ0) is 8.39. The molecule has 1 heterocycles. The van der Waals surface area contributed by atoms with Gasteiger partial charge in [0.2, 0.25) is 0 Å². The van der Waals surface area contributed by atoms with Crippen LogP contribution in [-0.4, -0.2) is 0 Å². The van der Waals surface area contributed by atoms with E-state index in [-0.39, 0.29) is 6.10 Å². The lowest BCUT2D eigenvalue weighted by molar-refractivity contribution is 0.173. The lowest BCUT2D eigenvalue weighted by atomic mass is 10.1. The molecule has 1 aliphatic heterocycles. The van der Waals surface area contributed by atoms with Gasteiger partial charge < -0.3 is 4.74 Å². The third-order valence-corrected chi connectivity index (χ3v) is 2.18. The van der Waals surface area contributed by atoms with Gasteiger partial charge in [-0.05, 0) is 23.8 Å². The van der Waals surface area contributed by atoms with Gasteiger partial charge in [0.25, 0.3) is 0 Å². The minimum Gasteiger partial charge on any atom is -0.493 e. The molecule has 0 saturated heterocycles. The molecule has 0 amide bonds. The van der Waals surface area contributed by atoms with E-state index in [1.54, 1.807) is 6.26 Å². The van der Waals surface area contributed by atoms with E-state index in [1.807, 2.05) is 30.3 Å². The molecule has 62 valence electrons. The van der Waals surface area contributed by atoms with Crippen molar-refractivity contribution in [2.75, 3.05) is 0 Å². The second kappa shape index (κ2) is 3.20. The normalized spacial score (nSPS) is 20.9. The number of rotatable bonds is 1. The Morgan fingerprint density at radius 1 is 1.25 bits per heavy atom. The summed E-state index contributed by atoms with van der Waals surface area (Å²) < 4.78 is 5.36. The second-order valence-corrected chi connectivity index (χ2v) is 3.22. The highest BCUT2D eigenvalue weighted by atomic mass is 35.5.